The first kappa shape index (κ1) is 16.6. The molecule has 1 aliphatic carbocycles. The molecule has 2 fully saturated rings. The van der Waals surface area contributed by atoms with Crippen LogP contribution in [0.4, 0.5) is 0 Å². The molecule has 0 radical (unpaired) electrons. The Hall–Kier alpha value is -1.29. The molecule has 2 saturated heterocycles. The van der Waals surface area contributed by atoms with Crippen molar-refractivity contribution in [2.75, 3.05) is 46.3 Å². The van der Waals surface area contributed by atoms with E-state index in [1.165, 1.54) is 17.8 Å². The molecule has 0 aromatic rings. The third-order valence-electron chi connectivity index (χ3n) is 6.15. The van der Waals surface area contributed by atoms with Crippen LogP contribution in [0.15, 0.2) is 23.5 Å². The summed E-state index contributed by atoms with van der Waals surface area (Å²) in [7, 11) is 2.19. The van der Waals surface area contributed by atoms with E-state index < -0.39 is 0 Å². The van der Waals surface area contributed by atoms with Gasteiger partial charge in [0, 0.05) is 39.3 Å². The van der Waals surface area contributed by atoms with Crippen LogP contribution in [0.1, 0.15) is 32.6 Å². The average molecular weight is 317 g/mol. The molecule has 0 N–H and O–H groups in total. The van der Waals surface area contributed by atoms with Crippen LogP contribution in [0.25, 0.3) is 0 Å². The lowest BCUT2D eigenvalue weighted by atomic mass is 9.71. The second-order valence-corrected chi connectivity index (χ2v) is 7.38. The van der Waals surface area contributed by atoms with E-state index in [4.69, 9.17) is 0 Å². The van der Waals surface area contributed by atoms with E-state index in [0.717, 1.165) is 70.4 Å². The normalized spacial score (nSPS) is 29.5. The fraction of sp³-hybridized carbons (Fsp3) is 0.737. The van der Waals surface area contributed by atoms with Gasteiger partial charge in [0.1, 0.15) is 6.29 Å². The zero-order chi connectivity index (χ0) is 16.4. The minimum absolute atomic E-state index is 0.493. The summed E-state index contributed by atoms with van der Waals surface area (Å²) in [5, 5.41) is 0. The van der Waals surface area contributed by atoms with E-state index in [1.54, 1.807) is 0 Å². The molecule has 0 aromatic carbocycles. The third kappa shape index (κ3) is 3.32. The standard InChI is InChI=1S/C19H31N3O/c1-4-16-5-6-17-13-22(8-7-18(17)19(16)14-23)15(2)21-11-9-20(3)10-12-21/h14,17-18H,2,4-13H2,1,3H3. The number of likely N-dealkylation sites (tertiary alicyclic amines) is 1. The Balaban J connectivity index is 1.64. The number of piperazine rings is 1. The molecule has 23 heavy (non-hydrogen) atoms. The lowest BCUT2D eigenvalue weighted by Gasteiger charge is -2.46. The van der Waals surface area contributed by atoms with Gasteiger partial charge in [-0.2, -0.15) is 0 Å². The van der Waals surface area contributed by atoms with E-state index in [0.29, 0.717) is 11.8 Å². The number of carbonyl (C=O) groups is 1. The first-order valence-electron chi connectivity index (χ1n) is 9.18. The zero-order valence-corrected chi connectivity index (χ0v) is 14.8. The van der Waals surface area contributed by atoms with Crippen molar-refractivity contribution in [2.45, 2.75) is 32.6 Å². The molecule has 3 rings (SSSR count). The molecule has 2 unspecified atom stereocenters. The molecule has 4 heteroatoms. The Kier molecular flexibility index (Phi) is 5.10. The largest absolute Gasteiger partial charge is 0.358 e. The summed E-state index contributed by atoms with van der Waals surface area (Å²) in [6.45, 7) is 13.1. The molecule has 2 heterocycles. The third-order valence-corrected chi connectivity index (χ3v) is 6.15. The number of likely N-dealkylation sites (N-methyl/N-ethyl adjacent to an activating group) is 1. The van der Waals surface area contributed by atoms with Gasteiger partial charge in [0.15, 0.2) is 0 Å². The van der Waals surface area contributed by atoms with Crippen LogP contribution < -0.4 is 0 Å². The zero-order valence-electron chi connectivity index (χ0n) is 14.8. The second kappa shape index (κ2) is 7.08. The number of hydrogen-bond donors (Lipinski definition) is 0. The monoisotopic (exact) mass is 317 g/mol. The maximum atomic E-state index is 11.6. The number of hydrogen-bond acceptors (Lipinski definition) is 4. The van der Waals surface area contributed by atoms with Gasteiger partial charge in [0.05, 0.1) is 5.82 Å². The molecule has 4 nitrogen and oxygen atoms in total. The highest BCUT2D eigenvalue weighted by Crippen LogP contribution is 2.41. The van der Waals surface area contributed by atoms with Crippen molar-refractivity contribution >= 4 is 6.29 Å². The molecule has 0 amide bonds. The van der Waals surface area contributed by atoms with Gasteiger partial charge in [-0.05, 0) is 50.1 Å². The van der Waals surface area contributed by atoms with Crippen LogP contribution in [0.2, 0.25) is 0 Å². The van der Waals surface area contributed by atoms with Gasteiger partial charge in [-0.1, -0.05) is 19.1 Å². The molecule has 128 valence electrons. The molecule has 3 aliphatic rings. The van der Waals surface area contributed by atoms with Crippen LogP contribution in [0.3, 0.4) is 0 Å². The molecule has 0 bridgehead atoms. The SMILES string of the molecule is C=C(N1CCN(C)CC1)N1CCC2C(C=O)=C(CC)CCC2C1. The Labute approximate surface area is 140 Å². The molecular formula is C19H31N3O. The molecule has 2 aliphatic heterocycles. The first-order chi connectivity index (χ1) is 11.1. The van der Waals surface area contributed by atoms with E-state index in [1.807, 2.05) is 0 Å². The van der Waals surface area contributed by atoms with Crippen molar-refractivity contribution in [1.29, 1.82) is 0 Å². The second-order valence-electron chi connectivity index (χ2n) is 7.38. The summed E-state index contributed by atoms with van der Waals surface area (Å²) < 4.78 is 0. The van der Waals surface area contributed by atoms with Crippen molar-refractivity contribution in [2.24, 2.45) is 11.8 Å². The van der Waals surface area contributed by atoms with Crippen LogP contribution >= 0.6 is 0 Å². The molecule has 0 spiro atoms. The fourth-order valence-electron chi connectivity index (χ4n) is 4.55. The van der Waals surface area contributed by atoms with Gasteiger partial charge in [-0.25, -0.2) is 0 Å². The smallest absolute Gasteiger partial charge is 0.146 e. The number of piperidine rings is 1. The Morgan fingerprint density at radius 2 is 1.91 bits per heavy atom. The maximum absolute atomic E-state index is 11.6. The minimum atomic E-state index is 0.493. The average Bonchev–Trinajstić information content (AvgIpc) is 2.60. The maximum Gasteiger partial charge on any atom is 0.146 e. The summed E-state index contributed by atoms with van der Waals surface area (Å²) in [5.74, 6) is 2.32. The first-order valence-corrected chi connectivity index (χ1v) is 9.18. The predicted molar refractivity (Wildman–Crippen MR) is 94.0 cm³/mol. The Morgan fingerprint density at radius 3 is 2.57 bits per heavy atom. The summed E-state index contributed by atoms with van der Waals surface area (Å²) >= 11 is 0. The number of nitrogens with zero attached hydrogens (tertiary/aromatic N) is 3. The Morgan fingerprint density at radius 1 is 1.17 bits per heavy atom. The highest BCUT2D eigenvalue weighted by atomic mass is 16.1. The lowest BCUT2D eigenvalue weighted by molar-refractivity contribution is -0.106. The fourth-order valence-corrected chi connectivity index (χ4v) is 4.55. The van der Waals surface area contributed by atoms with Crippen LogP contribution in [0.5, 0.6) is 0 Å². The van der Waals surface area contributed by atoms with Crippen LogP contribution in [0, 0.1) is 11.8 Å². The van der Waals surface area contributed by atoms with Gasteiger partial charge in [-0.15, -0.1) is 0 Å². The quantitative estimate of drug-likeness (QED) is 0.744. The van der Waals surface area contributed by atoms with Crippen molar-refractivity contribution in [3.05, 3.63) is 23.5 Å². The van der Waals surface area contributed by atoms with E-state index >= 15 is 0 Å². The van der Waals surface area contributed by atoms with Gasteiger partial charge in [0.2, 0.25) is 0 Å². The molecule has 0 saturated carbocycles. The summed E-state index contributed by atoms with van der Waals surface area (Å²) in [4.78, 5) is 18.9. The predicted octanol–water partition coefficient (Wildman–Crippen LogP) is 2.34. The van der Waals surface area contributed by atoms with Crippen molar-refractivity contribution in [3.63, 3.8) is 0 Å². The van der Waals surface area contributed by atoms with Gasteiger partial charge in [-0.3, -0.25) is 4.79 Å². The van der Waals surface area contributed by atoms with E-state index in [9.17, 15) is 4.79 Å². The topological polar surface area (TPSA) is 26.8 Å². The lowest BCUT2D eigenvalue weighted by Crippen LogP contribution is -2.50. The number of rotatable bonds is 4. The number of allylic oxidation sites excluding steroid dienone is 2. The highest BCUT2D eigenvalue weighted by molar-refractivity contribution is 5.76. The van der Waals surface area contributed by atoms with E-state index in [-0.39, 0.29) is 0 Å². The Bertz CT molecular complexity index is 491. The van der Waals surface area contributed by atoms with Crippen molar-refractivity contribution in [3.8, 4) is 0 Å². The molecule has 2 atom stereocenters. The minimum Gasteiger partial charge on any atom is -0.358 e. The van der Waals surface area contributed by atoms with E-state index in [2.05, 4.69) is 35.3 Å². The highest BCUT2D eigenvalue weighted by Gasteiger charge is 2.36. The van der Waals surface area contributed by atoms with Gasteiger partial charge < -0.3 is 14.7 Å². The molecule has 0 aromatic heterocycles. The summed E-state index contributed by atoms with van der Waals surface area (Å²) in [6, 6.07) is 0. The summed E-state index contributed by atoms with van der Waals surface area (Å²) in [5.41, 5.74) is 2.54. The van der Waals surface area contributed by atoms with Crippen LogP contribution in [-0.4, -0.2) is 67.3 Å². The molecular weight excluding hydrogens is 286 g/mol. The van der Waals surface area contributed by atoms with Gasteiger partial charge >= 0.3 is 0 Å². The van der Waals surface area contributed by atoms with Crippen LogP contribution in [-0.2, 0) is 4.79 Å². The number of carbonyl (C=O) groups excluding carboxylic acids is 1. The van der Waals surface area contributed by atoms with Crippen molar-refractivity contribution < 1.29 is 4.79 Å². The van der Waals surface area contributed by atoms with Gasteiger partial charge in [0.25, 0.3) is 0 Å². The van der Waals surface area contributed by atoms with Crippen molar-refractivity contribution in [1.82, 2.24) is 14.7 Å². The number of aldehydes is 1. The number of fused-ring (bicyclic) bond motifs is 1. The summed E-state index contributed by atoms with van der Waals surface area (Å²) in [6.07, 6.45) is 5.64.